The molecule has 0 fully saturated rings. The molecular weight excluding hydrogens is 424 g/mol. The van der Waals surface area contributed by atoms with E-state index in [9.17, 15) is 0 Å². The summed E-state index contributed by atoms with van der Waals surface area (Å²) in [5.74, 6) is 0. The Bertz CT molecular complexity index is 1460. The van der Waals surface area contributed by atoms with Crippen molar-refractivity contribution >= 4 is 22.6 Å². The van der Waals surface area contributed by atoms with Crippen LogP contribution in [-0.2, 0) is 25.7 Å². The van der Waals surface area contributed by atoms with Crippen molar-refractivity contribution in [1.82, 2.24) is 9.97 Å². The standard InChI is InChI=1S/C33H40N2.3H2/c1-7-10-25-14-16-33-31(20-25)28(21-34-33)11-9-12-32-24(6)29(17-23(5)35-32)19-26-13-15-30(22(3)4)27(8-2)18-26;;;/h8,13-18,20-21,34H,7,9-12,19H2,1-6H3;3*1H/b27-8-;;;. The lowest BCUT2D eigenvalue weighted by Crippen LogP contribution is -2.26. The van der Waals surface area contributed by atoms with E-state index in [0.717, 1.165) is 37.8 Å². The van der Waals surface area contributed by atoms with Crippen LogP contribution in [0.4, 0.5) is 0 Å². The van der Waals surface area contributed by atoms with Crippen LogP contribution >= 0.6 is 0 Å². The number of aromatic amines is 1. The average Bonchev–Trinajstić information content (AvgIpc) is 3.24. The SMILES string of the molecule is C/C=c1/cc(Cc2cc(C)nc(CCCc3c[nH]c4ccc(CCC)cc34)c2C)ccc1=C(C)C.[HH].[HH].[HH]. The highest BCUT2D eigenvalue weighted by Crippen LogP contribution is 2.24. The van der Waals surface area contributed by atoms with Gasteiger partial charge in [0, 0.05) is 32.8 Å². The fourth-order valence-electron chi connectivity index (χ4n) is 5.26. The van der Waals surface area contributed by atoms with Crippen LogP contribution in [0.25, 0.3) is 22.6 Å². The van der Waals surface area contributed by atoms with Gasteiger partial charge >= 0.3 is 0 Å². The van der Waals surface area contributed by atoms with Gasteiger partial charge in [-0.2, -0.15) is 0 Å². The first-order valence-corrected chi connectivity index (χ1v) is 13.2. The van der Waals surface area contributed by atoms with Crippen molar-refractivity contribution in [3.63, 3.8) is 0 Å². The van der Waals surface area contributed by atoms with E-state index in [4.69, 9.17) is 4.98 Å². The van der Waals surface area contributed by atoms with Gasteiger partial charge in [-0.3, -0.25) is 4.98 Å². The summed E-state index contributed by atoms with van der Waals surface area (Å²) < 4.78 is 0. The minimum absolute atomic E-state index is 0. The lowest BCUT2D eigenvalue weighted by Gasteiger charge is -2.13. The molecule has 0 aliphatic carbocycles. The monoisotopic (exact) mass is 470 g/mol. The summed E-state index contributed by atoms with van der Waals surface area (Å²) >= 11 is 0. The topological polar surface area (TPSA) is 28.7 Å². The molecule has 4 rings (SSSR count). The second-order valence-electron chi connectivity index (χ2n) is 10.2. The van der Waals surface area contributed by atoms with Crippen LogP contribution in [-0.4, -0.2) is 9.97 Å². The first-order chi connectivity index (χ1) is 16.9. The fourth-order valence-corrected chi connectivity index (χ4v) is 5.26. The van der Waals surface area contributed by atoms with Gasteiger partial charge in [-0.1, -0.05) is 49.3 Å². The highest BCUT2D eigenvalue weighted by atomic mass is 14.7. The van der Waals surface area contributed by atoms with E-state index >= 15 is 0 Å². The molecule has 4 aromatic rings. The minimum atomic E-state index is 0. The maximum Gasteiger partial charge on any atom is 0.0456 e. The molecule has 2 aromatic heterocycles. The van der Waals surface area contributed by atoms with Gasteiger partial charge in [-0.25, -0.2) is 0 Å². The first kappa shape index (κ1) is 25.0. The highest BCUT2D eigenvalue weighted by Gasteiger charge is 2.10. The molecule has 0 bridgehead atoms. The van der Waals surface area contributed by atoms with E-state index in [1.165, 1.54) is 66.8 Å². The summed E-state index contributed by atoms with van der Waals surface area (Å²) in [6, 6.07) is 16.0. The lowest BCUT2D eigenvalue weighted by atomic mass is 9.95. The predicted octanol–water partition coefficient (Wildman–Crippen LogP) is 7.63. The lowest BCUT2D eigenvalue weighted by molar-refractivity contribution is 0.788. The number of nitrogens with zero attached hydrogens (tertiary/aromatic N) is 1. The zero-order valence-corrected chi connectivity index (χ0v) is 22.4. The van der Waals surface area contributed by atoms with Gasteiger partial charge in [0.1, 0.15) is 0 Å². The third-order valence-electron chi connectivity index (χ3n) is 7.20. The second kappa shape index (κ2) is 11.1. The van der Waals surface area contributed by atoms with Crippen LogP contribution < -0.4 is 10.4 Å². The molecule has 0 saturated carbocycles. The number of aromatic nitrogens is 2. The Morgan fingerprint density at radius 3 is 2.49 bits per heavy atom. The van der Waals surface area contributed by atoms with Crippen LogP contribution in [0.5, 0.6) is 0 Å². The Morgan fingerprint density at radius 1 is 0.943 bits per heavy atom. The maximum atomic E-state index is 4.95. The summed E-state index contributed by atoms with van der Waals surface area (Å²) in [6.07, 6.45) is 10.9. The molecule has 0 amide bonds. The number of fused-ring (bicyclic) bond motifs is 1. The number of pyridine rings is 1. The van der Waals surface area contributed by atoms with E-state index in [0.29, 0.717) is 0 Å². The summed E-state index contributed by atoms with van der Waals surface area (Å²) in [5, 5.41) is 4.06. The Hall–Kier alpha value is -3.13. The van der Waals surface area contributed by atoms with Crippen molar-refractivity contribution in [2.24, 2.45) is 0 Å². The molecule has 2 aromatic carbocycles. The summed E-state index contributed by atoms with van der Waals surface area (Å²) in [6.45, 7) is 13.1. The molecule has 0 aliphatic rings. The molecule has 2 heteroatoms. The Morgan fingerprint density at radius 2 is 1.74 bits per heavy atom. The number of H-pyrrole nitrogens is 1. The van der Waals surface area contributed by atoms with E-state index in [2.05, 4.69) is 101 Å². The minimum Gasteiger partial charge on any atom is -0.361 e. The molecule has 0 spiro atoms. The van der Waals surface area contributed by atoms with Gasteiger partial charge in [-0.15, -0.1) is 0 Å². The number of rotatable bonds is 8. The maximum absolute atomic E-state index is 4.95. The first-order valence-electron chi connectivity index (χ1n) is 13.2. The number of nitrogens with one attached hydrogen (secondary N) is 1. The van der Waals surface area contributed by atoms with Gasteiger partial charge < -0.3 is 4.98 Å². The molecule has 0 aliphatic heterocycles. The normalized spacial score (nSPS) is 12.0. The van der Waals surface area contributed by atoms with E-state index < -0.39 is 0 Å². The largest absolute Gasteiger partial charge is 0.361 e. The van der Waals surface area contributed by atoms with Crippen molar-refractivity contribution in [2.75, 3.05) is 0 Å². The summed E-state index contributed by atoms with van der Waals surface area (Å²) in [4.78, 5) is 8.41. The predicted molar refractivity (Wildman–Crippen MR) is 158 cm³/mol. The van der Waals surface area contributed by atoms with Crippen LogP contribution in [0, 0.1) is 13.8 Å². The zero-order valence-electron chi connectivity index (χ0n) is 22.4. The van der Waals surface area contributed by atoms with E-state index in [1.54, 1.807) is 0 Å². The van der Waals surface area contributed by atoms with Gasteiger partial charge in [0.15, 0.2) is 0 Å². The molecule has 2 heterocycles. The van der Waals surface area contributed by atoms with E-state index in [-0.39, 0.29) is 4.28 Å². The number of hydrogen-bond acceptors (Lipinski definition) is 1. The zero-order chi connectivity index (χ0) is 24.9. The molecule has 0 atom stereocenters. The quantitative estimate of drug-likeness (QED) is 0.282. The van der Waals surface area contributed by atoms with Crippen LogP contribution in [0.2, 0.25) is 0 Å². The number of hydrogen-bond donors (Lipinski definition) is 1. The van der Waals surface area contributed by atoms with Crippen molar-refractivity contribution in [1.29, 1.82) is 0 Å². The van der Waals surface area contributed by atoms with Gasteiger partial charge in [-0.05, 0) is 123 Å². The molecule has 0 radical (unpaired) electrons. The molecule has 2 nitrogen and oxygen atoms in total. The second-order valence-corrected chi connectivity index (χ2v) is 10.2. The van der Waals surface area contributed by atoms with Gasteiger partial charge in [0.2, 0.25) is 0 Å². The molecule has 0 unspecified atom stereocenters. The number of benzene rings is 2. The van der Waals surface area contributed by atoms with Crippen LogP contribution in [0.3, 0.4) is 0 Å². The molecule has 188 valence electrons. The highest BCUT2D eigenvalue weighted by molar-refractivity contribution is 5.83. The molecule has 0 saturated heterocycles. The summed E-state index contributed by atoms with van der Waals surface area (Å²) in [7, 11) is 0. The number of aryl methyl sites for hydroxylation is 4. The molecule has 1 N–H and O–H groups in total. The Labute approximate surface area is 215 Å². The average molecular weight is 471 g/mol. The fraction of sp³-hybridized carbons (Fsp3) is 0.364. The molecule has 35 heavy (non-hydrogen) atoms. The van der Waals surface area contributed by atoms with Crippen molar-refractivity contribution in [3.8, 4) is 0 Å². The van der Waals surface area contributed by atoms with Gasteiger partial charge in [0.25, 0.3) is 0 Å². The third-order valence-corrected chi connectivity index (χ3v) is 7.20. The third kappa shape index (κ3) is 5.75. The Balaban J connectivity index is 0.00000241. The van der Waals surface area contributed by atoms with Crippen molar-refractivity contribution in [3.05, 3.63) is 98.3 Å². The van der Waals surface area contributed by atoms with E-state index in [1.807, 2.05) is 0 Å². The van der Waals surface area contributed by atoms with Crippen LogP contribution in [0.15, 0.2) is 48.7 Å². The Kier molecular flexibility index (Phi) is 7.90. The van der Waals surface area contributed by atoms with Crippen molar-refractivity contribution < 1.29 is 4.28 Å². The van der Waals surface area contributed by atoms with Crippen molar-refractivity contribution in [2.45, 2.75) is 80.1 Å². The molecular formula is C33H46N2. The van der Waals surface area contributed by atoms with Crippen LogP contribution in [0.1, 0.15) is 84.0 Å². The smallest absolute Gasteiger partial charge is 0.0456 e. The summed E-state index contributed by atoms with van der Waals surface area (Å²) in [5.41, 5.74) is 12.0. The van der Waals surface area contributed by atoms with Gasteiger partial charge in [0.05, 0.1) is 0 Å².